The molecule has 1 N–H and O–H groups in total. The van der Waals surface area contributed by atoms with Crippen LogP contribution in [0.5, 0.6) is 0 Å². The van der Waals surface area contributed by atoms with Gasteiger partial charge in [-0.25, -0.2) is 4.98 Å². The molecule has 0 spiro atoms. The summed E-state index contributed by atoms with van der Waals surface area (Å²) in [4.78, 5) is 4.43. The Labute approximate surface area is 110 Å². The smallest absolute Gasteiger partial charge is 0.203 e. The molecule has 1 aromatic heterocycles. The number of aromatic nitrogens is 2. The van der Waals surface area contributed by atoms with Crippen LogP contribution in [0.4, 0.5) is 5.95 Å². The van der Waals surface area contributed by atoms with Crippen molar-refractivity contribution in [2.45, 2.75) is 52.1 Å². The van der Waals surface area contributed by atoms with E-state index >= 15 is 0 Å². The van der Waals surface area contributed by atoms with Crippen molar-refractivity contribution in [3.63, 3.8) is 0 Å². The van der Waals surface area contributed by atoms with Crippen LogP contribution in [0.1, 0.15) is 46.1 Å². The fourth-order valence-electron chi connectivity index (χ4n) is 2.84. The molecule has 1 aliphatic rings. The topological polar surface area (TPSA) is 39.1 Å². The number of hydrogen-bond acceptors (Lipinski definition) is 3. The lowest BCUT2D eigenvalue weighted by molar-refractivity contribution is 0.163. The van der Waals surface area contributed by atoms with Crippen LogP contribution >= 0.6 is 0 Å². The Hall–Kier alpha value is -1.03. The average molecular weight is 251 g/mol. The minimum absolute atomic E-state index is 0.314. The monoisotopic (exact) mass is 251 g/mol. The summed E-state index contributed by atoms with van der Waals surface area (Å²) in [5.74, 6) is 0.974. The van der Waals surface area contributed by atoms with Gasteiger partial charge in [0.15, 0.2) is 0 Å². The molecule has 2 atom stereocenters. The number of hydrogen-bond donors (Lipinski definition) is 1. The van der Waals surface area contributed by atoms with Crippen LogP contribution in [0.15, 0.2) is 12.4 Å². The Bertz CT molecular complexity index is 386. The molecule has 4 heteroatoms. The summed E-state index contributed by atoms with van der Waals surface area (Å²) in [6.45, 7) is 7.54. The van der Waals surface area contributed by atoms with E-state index in [2.05, 4.69) is 35.6 Å². The quantitative estimate of drug-likeness (QED) is 0.874. The molecule has 0 radical (unpaired) electrons. The van der Waals surface area contributed by atoms with Crippen molar-refractivity contribution in [3.05, 3.63) is 12.4 Å². The molecule has 2 rings (SSSR count). The molecule has 0 saturated heterocycles. The highest BCUT2D eigenvalue weighted by molar-refractivity contribution is 5.29. The highest BCUT2D eigenvalue weighted by Gasteiger charge is 2.31. The maximum absolute atomic E-state index is 5.21. The van der Waals surface area contributed by atoms with E-state index < -0.39 is 0 Å². The van der Waals surface area contributed by atoms with Crippen LogP contribution in [0.2, 0.25) is 0 Å². The molecule has 0 aliphatic heterocycles. The fraction of sp³-hybridized carbons (Fsp3) is 0.786. The zero-order valence-corrected chi connectivity index (χ0v) is 11.9. The number of anilines is 1. The molecule has 0 aromatic carbocycles. The van der Waals surface area contributed by atoms with Gasteiger partial charge in [-0.05, 0) is 31.6 Å². The van der Waals surface area contributed by atoms with Crippen molar-refractivity contribution in [3.8, 4) is 0 Å². The van der Waals surface area contributed by atoms with Gasteiger partial charge in [0.05, 0.1) is 12.6 Å². The van der Waals surface area contributed by atoms with Crippen LogP contribution in [0.25, 0.3) is 0 Å². The zero-order valence-electron chi connectivity index (χ0n) is 11.9. The normalized spacial score (nSPS) is 24.1. The Morgan fingerprint density at radius 3 is 3.00 bits per heavy atom. The molecule has 4 nitrogen and oxygen atoms in total. The van der Waals surface area contributed by atoms with Crippen LogP contribution < -0.4 is 5.32 Å². The van der Waals surface area contributed by atoms with E-state index in [-0.39, 0.29) is 0 Å². The molecule has 2 unspecified atom stereocenters. The maximum atomic E-state index is 5.21. The fourth-order valence-corrected chi connectivity index (χ4v) is 2.84. The van der Waals surface area contributed by atoms with E-state index in [1.807, 2.05) is 12.4 Å². The Balaban J connectivity index is 2.00. The van der Waals surface area contributed by atoms with Crippen molar-refractivity contribution >= 4 is 5.95 Å². The second-order valence-electron chi connectivity index (χ2n) is 6.21. The Kier molecular flexibility index (Phi) is 3.95. The van der Waals surface area contributed by atoms with Gasteiger partial charge in [-0.2, -0.15) is 0 Å². The summed E-state index contributed by atoms with van der Waals surface area (Å²) in [6, 6.07) is 0.866. The second-order valence-corrected chi connectivity index (χ2v) is 6.21. The Morgan fingerprint density at radius 1 is 1.61 bits per heavy atom. The van der Waals surface area contributed by atoms with Crippen molar-refractivity contribution in [1.82, 2.24) is 9.55 Å². The first kappa shape index (κ1) is 13.4. The average Bonchev–Trinajstić information content (AvgIpc) is 2.86. The largest absolute Gasteiger partial charge is 0.383 e. The number of nitrogens with zero attached hydrogens (tertiary/aromatic N) is 2. The van der Waals surface area contributed by atoms with E-state index in [4.69, 9.17) is 4.74 Å². The van der Waals surface area contributed by atoms with Gasteiger partial charge in [0.2, 0.25) is 5.95 Å². The lowest BCUT2D eigenvalue weighted by Gasteiger charge is -2.20. The number of imidazole rings is 1. The molecule has 0 bridgehead atoms. The SMILES string of the molecule is COCC(C)n1ccnc1NC1CCC(C)(C)C1. The van der Waals surface area contributed by atoms with Crippen molar-refractivity contribution in [2.24, 2.45) is 5.41 Å². The third kappa shape index (κ3) is 3.05. The summed E-state index contributed by atoms with van der Waals surface area (Å²) >= 11 is 0. The zero-order chi connectivity index (χ0) is 13.2. The molecule has 1 aliphatic carbocycles. The minimum Gasteiger partial charge on any atom is -0.383 e. The van der Waals surface area contributed by atoms with Gasteiger partial charge >= 0.3 is 0 Å². The molecule has 102 valence electrons. The van der Waals surface area contributed by atoms with Gasteiger partial charge in [0.1, 0.15) is 0 Å². The van der Waals surface area contributed by atoms with Crippen molar-refractivity contribution < 1.29 is 4.74 Å². The van der Waals surface area contributed by atoms with Gasteiger partial charge < -0.3 is 14.6 Å². The third-order valence-electron chi connectivity index (χ3n) is 3.85. The Morgan fingerprint density at radius 2 is 2.39 bits per heavy atom. The standard InChI is InChI=1S/C14H25N3O/c1-11(10-18-4)17-8-7-15-13(17)16-12-5-6-14(2,3)9-12/h7-8,11-12H,5-6,9-10H2,1-4H3,(H,15,16). The predicted molar refractivity (Wildman–Crippen MR) is 73.9 cm³/mol. The third-order valence-corrected chi connectivity index (χ3v) is 3.85. The summed E-state index contributed by atoms with van der Waals surface area (Å²) in [5, 5.41) is 3.58. The highest BCUT2D eigenvalue weighted by Crippen LogP contribution is 2.38. The van der Waals surface area contributed by atoms with Crippen LogP contribution in [0, 0.1) is 5.41 Å². The van der Waals surface area contributed by atoms with Crippen LogP contribution in [-0.2, 0) is 4.74 Å². The maximum Gasteiger partial charge on any atom is 0.203 e. The second kappa shape index (κ2) is 5.31. The van der Waals surface area contributed by atoms with Gasteiger partial charge in [-0.3, -0.25) is 0 Å². The first-order chi connectivity index (χ1) is 8.52. The van der Waals surface area contributed by atoms with E-state index in [9.17, 15) is 0 Å². The highest BCUT2D eigenvalue weighted by atomic mass is 16.5. The number of methoxy groups -OCH3 is 1. The van der Waals surface area contributed by atoms with Gasteiger partial charge in [-0.1, -0.05) is 13.8 Å². The van der Waals surface area contributed by atoms with Gasteiger partial charge in [-0.15, -0.1) is 0 Å². The van der Waals surface area contributed by atoms with Crippen LogP contribution in [0.3, 0.4) is 0 Å². The lowest BCUT2D eigenvalue weighted by atomic mass is 9.92. The lowest BCUT2D eigenvalue weighted by Crippen LogP contribution is -2.22. The summed E-state index contributed by atoms with van der Waals surface area (Å²) < 4.78 is 7.37. The first-order valence-corrected chi connectivity index (χ1v) is 6.80. The first-order valence-electron chi connectivity index (χ1n) is 6.80. The van der Waals surface area contributed by atoms with Crippen molar-refractivity contribution in [2.75, 3.05) is 19.0 Å². The summed E-state index contributed by atoms with van der Waals surface area (Å²) in [6.07, 6.45) is 7.62. The van der Waals surface area contributed by atoms with Gasteiger partial charge in [0.25, 0.3) is 0 Å². The molecule has 1 heterocycles. The summed E-state index contributed by atoms with van der Waals surface area (Å²) in [7, 11) is 1.74. The number of ether oxygens (including phenoxy) is 1. The van der Waals surface area contributed by atoms with Crippen molar-refractivity contribution in [1.29, 1.82) is 0 Å². The van der Waals surface area contributed by atoms with Gasteiger partial charge in [0, 0.05) is 25.5 Å². The van der Waals surface area contributed by atoms with E-state index in [1.165, 1.54) is 19.3 Å². The molecule has 1 fully saturated rings. The minimum atomic E-state index is 0.314. The van der Waals surface area contributed by atoms with Crippen LogP contribution in [-0.4, -0.2) is 29.3 Å². The molecular weight excluding hydrogens is 226 g/mol. The molecule has 1 aromatic rings. The van der Waals surface area contributed by atoms with E-state index in [0.717, 1.165) is 5.95 Å². The predicted octanol–water partition coefficient (Wildman–Crippen LogP) is 3.08. The summed E-state index contributed by atoms with van der Waals surface area (Å²) in [5.41, 5.74) is 0.466. The molecule has 0 amide bonds. The molecule has 18 heavy (non-hydrogen) atoms. The number of rotatable bonds is 5. The number of nitrogens with one attached hydrogen (secondary N) is 1. The van der Waals surface area contributed by atoms with E-state index in [0.29, 0.717) is 24.1 Å². The molecular formula is C14H25N3O. The molecule has 1 saturated carbocycles. The van der Waals surface area contributed by atoms with E-state index in [1.54, 1.807) is 7.11 Å².